The number of aryl methyl sites for hydroxylation is 1. The van der Waals surface area contributed by atoms with Gasteiger partial charge in [-0.3, -0.25) is 9.48 Å². The molecule has 2 aromatic rings. The van der Waals surface area contributed by atoms with Crippen molar-refractivity contribution in [2.45, 2.75) is 10.9 Å². The largest absolute Gasteiger partial charge is 0.338 e. The number of likely N-dealkylation sites (N-methyl/N-ethyl adjacent to an activating group) is 1. The summed E-state index contributed by atoms with van der Waals surface area (Å²) in [4.78, 5) is 14.8. The fourth-order valence-corrected chi connectivity index (χ4v) is 4.54. The van der Waals surface area contributed by atoms with Gasteiger partial charge in [0.2, 0.25) is 15.9 Å². The predicted octanol–water partition coefficient (Wildman–Crippen LogP) is 0.636. The van der Waals surface area contributed by atoms with Gasteiger partial charge in [0.1, 0.15) is 6.04 Å². The molecule has 0 spiro atoms. The third-order valence-corrected chi connectivity index (χ3v) is 6.44. The molecular weight excluding hydrogens is 390 g/mol. The summed E-state index contributed by atoms with van der Waals surface area (Å²) < 4.78 is 28.4. The Morgan fingerprint density at radius 1 is 1.15 bits per heavy atom. The normalized spacial score (nSPS) is 16.6. The Morgan fingerprint density at radius 2 is 1.78 bits per heavy atom. The molecule has 0 aliphatic carbocycles. The molecule has 10 heteroatoms. The van der Waals surface area contributed by atoms with Crippen LogP contribution in [0.1, 0.15) is 11.6 Å². The zero-order valence-electron chi connectivity index (χ0n) is 15.3. The van der Waals surface area contributed by atoms with Crippen molar-refractivity contribution in [2.75, 3.05) is 33.2 Å². The van der Waals surface area contributed by atoms with Gasteiger partial charge in [-0.2, -0.15) is 9.40 Å². The minimum absolute atomic E-state index is 0. The number of nitrogens with zero attached hydrogens (tertiary/aromatic N) is 4. The third kappa shape index (κ3) is 4.49. The molecular formula is C17H24ClN5O3S. The molecule has 1 atom stereocenters. The standard InChI is InChI=1S/C17H23N5O3S.ClH/c1-18-16(14-12-19-20(2)13-14)17(23)21-8-10-22(11-9-21)26(24,25)15-6-4-3-5-7-15;/h3-7,12-13,16,18H,8-11H2,1-2H3;1H. The van der Waals surface area contributed by atoms with Gasteiger partial charge in [-0.05, 0) is 19.2 Å². The van der Waals surface area contributed by atoms with Crippen LogP contribution < -0.4 is 5.32 Å². The van der Waals surface area contributed by atoms with E-state index in [1.165, 1.54) is 4.31 Å². The van der Waals surface area contributed by atoms with E-state index in [0.717, 1.165) is 5.56 Å². The Morgan fingerprint density at radius 3 is 2.30 bits per heavy atom. The van der Waals surface area contributed by atoms with Crippen LogP contribution in [0.3, 0.4) is 0 Å². The van der Waals surface area contributed by atoms with E-state index in [2.05, 4.69) is 10.4 Å². The third-order valence-electron chi connectivity index (χ3n) is 4.53. The lowest BCUT2D eigenvalue weighted by molar-refractivity contribution is -0.134. The number of aromatic nitrogens is 2. The van der Waals surface area contributed by atoms with Crippen molar-refractivity contribution in [3.05, 3.63) is 48.3 Å². The van der Waals surface area contributed by atoms with Crippen LogP contribution in [0, 0.1) is 0 Å². The molecule has 0 bridgehead atoms. The quantitative estimate of drug-likeness (QED) is 0.777. The molecule has 1 unspecified atom stereocenters. The molecule has 2 heterocycles. The number of rotatable bonds is 5. The molecule has 0 radical (unpaired) electrons. The van der Waals surface area contributed by atoms with Gasteiger partial charge in [0, 0.05) is 45.0 Å². The Labute approximate surface area is 165 Å². The fourth-order valence-electron chi connectivity index (χ4n) is 3.09. The molecule has 1 saturated heterocycles. The van der Waals surface area contributed by atoms with Crippen molar-refractivity contribution in [1.29, 1.82) is 0 Å². The van der Waals surface area contributed by atoms with E-state index in [1.54, 1.807) is 66.4 Å². The zero-order chi connectivity index (χ0) is 18.7. The smallest absolute Gasteiger partial charge is 0.244 e. The van der Waals surface area contributed by atoms with Crippen LogP contribution in [0.5, 0.6) is 0 Å². The summed E-state index contributed by atoms with van der Waals surface area (Å²) in [6.07, 6.45) is 3.46. The number of hydrogen-bond donors (Lipinski definition) is 1. The first kappa shape index (κ1) is 21.4. The Balaban J connectivity index is 0.00000261. The van der Waals surface area contributed by atoms with Crippen molar-refractivity contribution in [1.82, 2.24) is 24.3 Å². The van der Waals surface area contributed by atoms with Crippen LogP contribution in [-0.2, 0) is 21.9 Å². The maximum atomic E-state index is 12.8. The Bertz CT molecular complexity index is 864. The monoisotopic (exact) mass is 413 g/mol. The van der Waals surface area contributed by atoms with Gasteiger partial charge < -0.3 is 10.2 Å². The van der Waals surface area contributed by atoms with Gasteiger partial charge in [-0.25, -0.2) is 8.42 Å². The van der Waals surface area contributed by atoms with E-state index in [-0.39, 0.29) is 36.3 Å². The predicted molar refractivity (Wildman–Crippen MR) is 104 cm³/mol. The van der Waals surface area contributed by atoms with Crippen molar-refractivity contribution in [2.24, 2.45) is 7.05 Å². The second-order valence-corrected chi connectivity index (χ2v) is 8.15. The van der Waals surface area contributed by atoms with E-state index in [4.69, 9.17) is 0 Å². The number of sulfonamides is 1. The van der Waals surface area contributed by atoms with Gasteiger partial charge >= 0.3 is 0 Å². The average molecular weight is 414 g/mol. The zero-order valence-corrected chi connectivity index (χ0v) is 16.9. The van der Waals surface area contributed by atoms with Crippen molar-refractivity contribution in [3.8, 4) is 0 Å². The summed E-state index contributed by atoms with van der Waals surface area (Å²) in [5, 5.41) is 7.13. The second kappa shape index (κ2) is 8.83. The Hall–Kier alpha value is -1.94. The summed E-state index contributed by atoms with van der Waals surface area (Å²) in [7, 11) is 0.00798. The van der Waals surface area contributed by atoms with E-state index in [1.807, 2.05) is 0 Å². The van der Waals surface area contributed by atoms with E-state index in [0.29, 0.717) is 13.1 Å². The first-order chi connectivity index (χ1) is 12.4. The van der Waals surface area contributed by atoms with Gasteiger partial charge in [0.15, 0.2) is 0 Å². The number of piperazine rings is 1. The van der Waals surface area contributed by atoms with Crippen LogP contribution in [0.2, 0.25) is 0 Å². The summed E-state index contributed by atoms with van der Waals surface area (Å²) in [5.74, 6) is -0.0720. The van der Waals surface area contributed by atoms with E-state index < -0.39 is 16.1 Å². The van der Waals surface area contributed by atoms with Crippen LogP contribution >= 0.6 is 12.4 Å². The van der Waals surface area contributed by atoms with Gasteiger partial charge in [0.05, 0.1) is 11.1 Å². The molecule has 1 aromatic heterocycles. The summed E-state index contributed by atoms with van der Waals surface area (Å²) >= 11 is 0. The van der Waals surface area contributed by atoms with Crippen molar-refractivity contribution >= 4 is 28.3 Å². The fraction of sp³-hybridized carbons (Fsp3) is 0.412. The van der Waals surface area contributed by atoms with Gasteiger partial charge in [0.25, 0.3) is 0 Å². The molecule has 148 valence electrons. The molecule has 27 heavy (non-hydrogen) atoms. The summed E-state index contributed by atoms with van der Waals surface area (Å²) in [6.45, 7) is 1.30. The first-order valence-corrected chi connectivity index (χ1v) is 9.87. The number of halogens is 1. The highest BCUT2D eigenvalue weighted by Crippen LogP contribution is 2.20. The van der Waals surface area contributed by atoms with Crippen LogP contribution in [0.15, 0.2) is 47.6 Å². The minimum atomic E-state index is -3.52. The highest BCUT2D eigenvalue weighted by Gasteiger charge is 2.32. The molecule has 1 fully saturated rings. The van der Waals surface area contributed by atoms with Crippen LogP contribution in [-0.4, -0.2) is 66.5 Å². The first-order valence-electron chi connectivity index (χ1n) is 8.43. The number of nitrogens with one attached hydrogen (secondary N) is 1. The highest BCUT2D eigenvalue weighted by atomic mass is 35.5. The highest BCUT2D eigenvalue weighted by molar-refractivity contribution is 7.89. The number of carbonyl (C=O) groups excluding carboxylic acids is 1. The molecule has 8 nitrogen and oxygen atoms in total. The van der Waals surface area contributed by atoms with Crippen LogP contribution in [0.25, 0.3) is 0 Å². The number of amides is 1. The molecule has 1 aromatic carbocycles. The lowest BCUT2D eigenvalue weighted by Crippen LogP contribution is -2.52. The molecule has 1 aliphatic heterocycles. The lowest BCUT2D eigenvalue weighted by Gasteiger charge is -2.35. The summed E-state index contributed by atoms with van der Waals surface area (Å²) in [5.41, 5.74) is 0.791. The lowest BCUT2D eigenvalue weighted by atomic mass is 10.1. The topological polar surface area (TPSA) is 87.5 Å². The molecule has 3 rings (SSSR count). The molecule has 0 saturated carbocycles. The van der Waals surface area contributed by atoms with Crippen LogP contribution in [0.4, 0.5) is 0 Å². The molecule has 1 amide bonds. The second-order valence-electron chi connectivity index (χ2n) is 6.21. The number of benzene rings is 1. The molecule has 1 aliphatic rings. The number of hydrogen-bond acceptors (Lipinski definition) is 5. The average Bonchev–Trinajstić information content (AvgIpc) is 3.09. The van der Waals surface area contributed by atoms with Gasteiger partial charge in [-0.1, -0.05) is 18.2 Å². The Kier molecular flexibility index (Phi) is 6.99. The molecule has 1 N–H and O–H groups in total. The maximum absolute atomic E-state index is 12.8. The minimum Gasteiger partial charge on any atom is -0.338 e. The van der Waals surface area contributed by atoms with E-state index in [9.17, 15) is 13.2 Å². The SMILES string of the molecule is CNC(C(=O)N1CCN(S(=O)(=O)c2ccccc2)CC1)c1cnn(C)c1.Cl. The van der Waals surface area contributed by atoms with E-state index >= 15 is 0 Å². The number of carbonyl (C=O) groups is 1. The maximum Gasteiger partial charge on any atom is 0.244 e. The summed E-state index contributed by atoms with van der Waals surface area (Å²) in [6, 6.07) is 7.89. The van der Waals surface area contributed by atoms with Crippen molar-refractivity contribution in [3.63, 3.8) is 0 Å². The van der Waals surface area contributed by atoms with Crippen molar-refractivity contribution < 1.29 is 13.2 Å². The van der Waals surface area contributed by atoms with Gasteiger partial charge in [-0.15, -0.1) is 12.4 Å².